The Morgan fingerprint density at radius 2 is 2.20 bits per heavy atom. The first-order valence-corrected chi connectivity index (χ1v) is 6.69. The van der Waals surface area contributed by atoms with E-state index in [-0.39, 0.29) is 5.91 Å². The summed E-state index contributed by atoms with van der Waals surface area (Å²) in [5.41, 5.74) is 2.61. The molecule has 0 fully saturated rings. The second-order valence-corrected chi connectivity index (χ2v) is 4.73. The van der Waals surface area contributed by atoms with Crippen molar-refractivity contribution in [2.24, 2.45) is 0 Å². The number of rotatable bonds is 4. The molecular formula is C15H16N4O. The van der Waals surface area contributed by atoms with Crippen molar-refractivity contribution in [1.29, 1.82) is 0 Å². The van der Waals surface area contributed by atoms with Crippen LogP contribution < -0.4 is 5.32 Å². The number of benzene rings is 1. The fourth-order valence-corrected chi connectivity index (χ4v) is 2.27. The summed E-state index contributed by atoms with van der Waals surface area (Å²) in [6, 6.07) is 9.59. The van der Waals surface area contributed by atoms with E-state index in [0.29, 0.717) is 11.4 Å². The summed E-state index contributed by atoms with van der Waals surface area (Å²) in [7, 11) is 0. The van der Waals surface area contributed by atoms with Gasteiger partial charge < -0.3 is 10.3 Å². The molecule has 2 aromatic heterocycles. The van der Waals surface area contributed by atoms with E-state index in [1.54, 1.807) is 6.20 Å². The van der Waals surface area contributed by atoms with E-state index in [9.17, 15) is 4.79 Å². The molecule has 5 heteroatoms. The van der Waals surface area contributed by atoms with Crippen LogP contribution in [0.2, 0.25) is 0 Å². The Morgan fingerprint density at radius 3 is 3.05 bits per heavy atom. The molecule has 3 aromatic rings. The SMILES string of the molecule is CCCc1cc(NC(=O)c2c[nH]c3ccccc23)n[nH]1. The number of carbonyl (C=O) groups is 1. The van der Waals surface area contributed by atoms with E-state index in [0.717, 1.165) is 29.4 Å². The van der Waals surface area contributed by atoms with Gasteiger partial charge in [-0.3, -0.25) is 9.89 Å². The highest BCUT2D eigenvalue weighted by atomic mass is 16.1. The van der Waals surface area contributed by atoms with Gasteiger partial charge in [-0.25, -0.2) is 0 Å². The number of nitrogens with zero attached hydrogens (tertiary/aromatic N) is 1. The molecular weight excluding hydrogens is 252 g/mol. The van der Waals surface area contributed by atoms with E-state index >= 15 is 0 Å². The van der Waals surface area contributed by atoms with Crippen molar-refractivity contribution in [3.63, 3.8) is 0 Å². The Kier molecular flexibility index (Phi) is 3.25. The van der Waals surface area contributed by atoms with Gasteiger partial charge >= 0.3 is 0 Å². The summed E-state index contributed by atoms with van der Waals surface area (Å²) in [6.07, 6.45) is 3.69. The largest absolute Gasteiger partial charge is 0.360 e. The van der Waals surface area contributed by atoms with Crippen LogP contribution in [0.3, 0.4) is 0 Å². The molecule has 0 radical (unpaired) electrons. The first-order valence-electron chi connectivity index (χ1n) is 6.69. The van der Waals surface area contributed by atoms with Gasteiger partial charge in [-0.05, 0) is 12.5 Å². The number of hydrogen-bond donors (Lipinski definition) is 3. The van der Waals surface area contributed by atoms with Crippen LogP contribution in [0.4, 0.5) is 5.82 Å². The highest BCUT2D eigenvalue weighted by Crippen LogP contribution is 2.19. The number of para-hydroxylation sites is 1. The molecule has 0 saturated heterocycles. The maximum absolute atomic E-state index is 12.3. The summed E-state index contributed by atoms with van der Waals surface area (Å²) >= 11 is 0. The number of hydrogen-bond acceptors (Lipinski definition) is 2. The topological polar surface area (TPSA) is 73.6 Å². The summed E-state index contributed by atoms with van der Waals surface area (Å²) < 4.78 is 0. The van der Waals surface area contributed by atoms with Crippen LogP contribution in [0.1, 0.15) is 29.4 Å². The Bertz CT molecular complexity index is 741. The second kappa shape index (κ2) is 5.21. The molecule has 3 rings (SSSR count). The van der Waals surface area contributed by atoms with Gasteiger partial charge in [0.2, 0.25) is 0 Å². The smallest absolute Gasteiger partial charge is 0.259 e. The van der Waals surface area contributed by atoms with Crippen LogP contribution in [-0.4, -0.2) is 21.1 Å². The van der Waals surface area contributed by atoms with Crippen molar-refractivity contribution in [2.45, 2.75) is 19.8 Å². The molecule has 3 N–H and O–H groups in total. The van der Waals surface area contributed by atoms with Crippen LogP contribution in [0.25, 0.3) is 10.9 Å². The third kappa shape index (κ3) is 2.30. The predicted octanol–water partition coefficient (Wildman–Crippen LogP) is 3.10. The second-order valence-electron chi connectivity index (χ2n) is 4.73. The van der Waals surface area contributed by atoms with Crippen molar-refractivity contribution in [1.82, 2.24) is 15.2 Å². The quantitative estimate of drug-likeness (QED) is 0.680. The fourth-order valence-electron chi connectivity index (χ4n) is 2.27. The molecule has 0 aliphatic heterocycles. The lowest BCUT2D eigenvalue weighted by molar-refractivity contribution is 0.102. The number of aromatic nitrogens is 3. The van der Waals surface area contributed by atoms with Crippen molar-refractivity contribution < 1.29 is 4.79 Å². The number of aromatic amines is 2. The third-order valence-corrected chi connectivity index (χ3v) is 3.23. The first kappa shape index (κ1) is 12.5. The van der Waals surface area contributed by atoms with Gasteiger partial charge in [0.15, 0.2) is 5.82 Å². The Morgan fingerprint density at radius 1 is 1.35 bits per heavy atom. The number of anilines is 1. The molecule has 2 heterocycles. The van der Waals surface area contributed by atoms with E-state index < -0.39 is 0 Å². The molecule has 1 aromatic carbocycles. The molecule has 0 aliphatic carbocycles. The number of amides is 1. The van der Waals surface area contributed by atoms with E-state index in [4.69, 9.17) is 0 Å². The molecule has 0 aliphatic rings. The average molecular weight is 268 g/mol. The zero-order valence-electron chi connectivity index (χ0n) is 11.2. The van der Waals surface area contributed by atoms with Gasteiger partial charge in [0.1, 0.15) is 0 Å². The maximum atomic E-state index is 12.3. The number of fused-ring (bicyclic) bond motifs is 1. The maximum Gasteiger partial charge on any atom is 0.259 e. The number of carbonyl (C=O) groups excluding carboxylic acids is 1. The fraction of sp³-hybridized carbons (Fsp3) is 0.200. The van der Waals surface area contributed by atoms with Crippen LogP contribution in [0, 0.1) is 0 Å². The zero-order chi connectivity index (χ0) is 13.9. The lowest BCUT2D eigenvalue weighted by atomic mass is 10.1. The Balaban J connectivity index is 1.81. The minimum Gasteiger partial charge on any atom is -0.360 e. The monoisotopic (exact) mass is 268 g/mol. The van der Waals surface area contributed by atoms with Gasteiger partial charge in [-0.15, -0.1) is 0 Å². The van der Waals surface area contributed by atoms with Gasteiger partial charge in [0.05, 0.1) is 5.56 Å². The minimum absolute atomic E-state index is 0.156. The van der Waals surface area contributed by atoms with Crippen molar-refractivity contribution in [2.75, 3.05) is 5.32 Å². The van der Waals surface area contributed by atoms with Crippen LogP contribution in [0.5, 0.6) is 0 Å². The van der Waals surface area contributed by atoms with Gasteiger partial charge in [0, 0.05) is 28.9 Å². The Hall–Kier alpha value is -2.56. The van der Waals surface area contributed by atoms with Crippen molar-refractivity contribution >= 4 is 22.6 Å². The number of H-pyrrole nitrogens is 2. The van der Waals surface area contributed by atoms with Crippen molar-refractivity contribution in [3.8, 4) is 0 Å². The summed E-state index contributed by atoms with van der Waals surface area (Å²) in [5, 5.41) is 10.7. The van der Waals surface area contributed by atoms with Crippen LogP contribution in [-0.2, 0) is 6.42 Å². The third-order valence-electron chi connectivity index (χ3n) is 3.23. The molecule has 102 valence electrons. The minimum atomic E-state index is -0.156. The molecule has 0 bridgehead atoms. The summed E-state index contributed by atoms with van der Waals surface area (Å²) in [5.74, 6) is 0.403. The van der Waals surface area contributed by atoms with Crippen molar-refractivity contribution in [3.05, 3.63) is 47.8 Å². The van der Waals surface area contributed by atoms with Crippen LogP contribution >= 0.6 is 0 Å². The molecule has 1 amide bonds. The Labute approximate surface area is 116 Å². The standard InChI is InChI=1S/C15H16N4O/c1-2-5-10-8-14(19-18-10)17-15(20)12-9-16-13-7-4-3-6-11(12)13/h3-4,6-9,16H,2,5H2,1H3,(H2,17,18,19,20). The highest BCUT2D eigenvalue weighted by Gasteiger charge is 2.13. The molecule has 0 unspecified atom stereocenters. The summed E-state index contributed by atoms with van der Waals surface area (Å²) in [6.45, 7) is 2.10. The normalized spacial score (nSPS) is 10.8. The van der Waals surface area contributed by atoms with E-state index in [2.05, 4.69) is 27.4 Å². The zero-order valence-corrected chi connectivity index (χ0v) is 11.2. The van der Waals surface area contributed by atoms with E-state index in [1.807, 2.05) is 30.3 Å². The molecule has 20 heavy (non-hydrogen) atoms. The van der Waals surface area contributed by atoms with Gasteiger partial charge in [-0.2, -0.15) is 5.10 Å². The highest BCUT2D eigenvalue weighted by molar-refractivity contribution is 6.12. The average Bonchev–Trinajstić information content (AvgIpc) is 3.06. The lowest BCUT2D eigenvalue weighted by Crippen LogP contribution is -2.11. The lowest BCUT2D eigenvalue weighted by Gasteiger charge is -1.99. The van der Waals surface area contributed by atoms with E-state index in [1.165, 1.54) is 0 Å². The molecule has 0 saturated carbocycles. The summed E-state index contributed by atoms with van der Waals surface area (Å²) in [4.78, 5) is 15.4. The van der Waals surface area contributed by atoms with Gasteiger partial charge in [0.25, 0.3) is 5.91 Å². The van der Waals surface area contributed by atoms with Crippen LogP contribution in [0.15, 0.2) is 36.5 Å². The number of aryl methyl sites for hydroxylation is 1. The number of nitrogens with one attached hydrogen (secondary N) is 3. The molecule has 0 spiro atoms. The molecule has 0 atom stereocenters. The first-order chi connectivity index (χ1) is 9.78. The predicted molar refractivity (Wildman–Crippen MR) is 78.8 cm³/mol. The van der Waals surface area contributed by atoms with Gasteiger partial charge in [-0.1, -0.05) is 31.5 Å². The molecule has 5 nitrogen and oxygen atoms in total.